The van der Waals surface area contributed by atoms with Crippen molar-refractivity contribution >= 4 is 11.6 Å². The standard InChI is InChI=1S/C12H13ClN4O/c1-2-14-7-8-6-10(18)17-12(16-8)11-9(13)4-3-5-15-11/h3-6,14H,2,7H2,1H3,(H,16,17,18). The molecule has 18 heavy (non-hydrogen) atoms. The Balaban J connectivity index is 2.42. The summed E-state index contributed by atoms with van der Waals surface area (Å²) in [4.78, 5) is 22.7. The van der Waals surface area contributed by atoms with Gasteiger partial charge in [0.25, 0.3) is 5.56 Å². The van der Waals surface area contributed by atoms with E-state index in [1.807, 2.05) is 6.92 Å². The van der Waals surface area contributed by atoms with Gasteiger partial charge in [-0.3, -0.25) is 9.78 Å². The predicted molar refractivity (Wildman–Crippen MR) is 70.5 cm³/mol. The van der Waals surface area contributed by atoms with E-state index in [0.29, 0.717) is 28.8 Å². The lowest BCUT2D eigenvalue weighted by atomic mass is 10.3. The van der Waals surface area contributed by atoms with Gasteiger partial charge in [0.05, 0.1) is 10.7 Å². The minimum Gasteiger partial charge on any atom is -0.311 e. The van der Waals surface area contributed by atoms with Gasteiger partial charge in [-0.2, -0.15) is 0 Å². The maximum atomic E-state index is 11.6. The molecule has 94 valence electrons. The largest absolute Gasteiger partial charge is 0.311 e. The van der Waals surface area contributed by atoms with E-state index >= 15 is 0 Å². The topological polar surface area (TPSA) is 70.7 Å². The van der Waals surface area contributed by atoms with Crippen LogP contribution in [0.3, 0.4) is 0 Å². The molecule has 0 spiro atoms. The summed E-state index contributed by atoms with van der Waals surface area (Å²) in [7, 11) is 0. The molecular weight excluding hydrogens is 252 g/mol. The highest BCUT2D eigenvalue weighted by Crippen LogP contribution is 2.20. The van der Waals surface area contributed by atoms with Crippen LogP contribution in [0.25, 0.3) is 11.5 Å². The number of aromatic nitrogens is 3. The molecule has 0 atom stereocenters. The minimum absolute atomic E-state index is 0.213. The third-order valence-corrected chi connectivity index (χ3v) is 2.64. The molecule has 2 rings (SSSR count). The molecule has 5 nitrogen and oxygen atoms in total. The lowest BCUT2D eigenvalue weighted by Gasteiger charge is -2.05. The summed E-state index contributed by atoms with van der Waals surface area (Å²) < 4.78 is 0. The first-order valence-electron chi connectivity index (χ1n) is 5.62. The molecule has 0 saturated carbocycles. The highest BCUT2D eigenvalue weighted by molar-refractivity contribution is 6.32. The number of halogens is 1. The van der Waals surface area contributed by atoms with Crippen molar-refractivity contribution in [3.63, 3.8) is 0 Å². The van der Waals surface area contributed by atoms with Gasteiger partial charge in [-0.25, -0.2) is 4.98 Å². The Hall–Kier alpha value is -1.72. The van der Waals surface area contributed by atoms with Crippen molar-refractivity contribution in [3.05, 3.63) is 45.5 Å². The monoisotopic (exact) mass is 264 g/mol. The molecule has 0 saturated heterocycles. The van der Waals surface area contributed by atoms with Gasteiger partial charge in [-0.1, -0.05) is 18.5 Å². The SMILES string of the molecule is CCNCc1cc(=O)[nH]c(-c2ncccc2Cl)n1. The minimum atomic E-state index is -0.213. The smallest absolute Gasteiger partial charge is 0.251 e. The van der Waals surface area contributed by atoms with Crippen molar-refractivity contribution < 1.29 is 0 Å². The predicted octanol–water partition coefficient (Wildman–Crippen LogP) is 1.59. The lowest BCUT2D eigenvalue weighted by molar-refractivity contribution is 0.707. The number of H-pyrrole nitrogens is 1. The molecule has 2 aromatic heterocycles. The van der Waals surface area contributed by atoms with E-state index in [1.165, 1.54) is 6.07 Å². The van der Waals surface area contributed by atoms with E-state index in [0.717, 1.165) is 6.54 Å². The Morgan fingerprint density at radius 1 is 1.50 bits per heavy atom. The molecule has 6 heteroatoms. The number of nitrogens with one attached hydrogen (secondary N) is 2. The van der Waals surface area contributed by atoms with Crippen molar-refractivity contribution in [3.8, 4) is 11.5 Å². The fourth-order valence-electron chi connectivity index (χ4n) is 1.52. The Morgan fingerprint density at radius 2 is 2.33 bits per heavy atom. The van der Waals surface area contributed by atoms with Crippen molar-refractivity contribution in [2.24, 2.45) is 0 Å². The number of hydrogen-bond donors (Lipinski definition) is 2. The average Bonchev–Trinajstić information content (AvgIpc) is 2.36. The van der Waals surface area contributed by atoms with Crippen molar-refractivity contribution in [1.82, 2.24) is 20.3 Å². The quantitative estimate of drug-likeness (QED) is 0.880. The number of pyridine rings is 1. The average molecular weight is 265 g/mol. The van der Waals surface area contributed by atoms with Crippen LogP contribution in [-0.4, -0.2) is 21.5 Å². The zero-order valence-electron chi connectivity index (χ0n) is 9.90. The first-order valence-corrected chi connectivity index (χ1v) is 6.00. The Kier molecular flexibility index (Phi) is 4.07. The summed E-state index contributed by atoms with van der Waals surface area (Å²) in [6.07, 6.45) is 1.61. The molecule has 0 bridgehead atoms. The second-order valence-electron chi connectivity index (χ2n) is 3.70. The van der Waals surface area contributed by atoms with Crippen molar-refractivity contribution in [2.45, 2.75) is 13.5 Å². The van der Waals surface area contributed by atoms with E-state index in [-0.39, 0.29) is 5.56 Å². The highest BCUT2D eigenvalue weighted by atomic mass is 35.5. The van der Waals surface area contributed by atoms with Crippen LogP contribution in [0.1, 0.15) is 12.6 Å². The van der Waals surface area contributed by atoms with Crippen LogP contribution in [0.2, 0.25) is 5.02 Å². The molecule has 2 aromatic rings. The summed E-state index contributed by atoms with van der Waals surface area (Å²) in [5, 5.41) is 3.58. The van der Waals surface area contributed by atoms with E-state index in [9.17, 15) is 4.79 Å². The fourth-order valence-corrected chi connectivity index (χ4v) is 1.73. The second-order valence-corrected chi connectivity index (χ2v) is 4.11. The molecule has 2 heterocycles. The molecule has 0 radical (unpaired) electrons. The van der Waals surface area contributed by atoms with Gasteiger partial charge in [0.2, 0.25) is 0 Å². The van der Waals surface area contributed by atoms with E-state index in [2.05, 4.69) is 20.3 Å². The first-order chi connectivity index (χ1) is 8.70. The first kappa shape index (κ1) is 12.7. The van der Waals surface area contributed by atoms with Crippen LogP contribution < -0.4 is 10.9 Å². The van der Waals surface area contributed by atoms with Crippen LogP contribution in [0, 0.1) is 0 Å². The number of rotatable bonds is 4. The summed E-state index contributed by atoms with van der Waals surface area (Å²) in [6.45, 7) is 3.34. The molecule has 2 N–H and O–H groups in total. The zero-order chi connectivity index (χ0) is 13.0. The van der Waals surface area contributed by atoms with Gasteiger partial charge < -0.3 is 10.3 Å². The number of nitrogens with zero attached hydrogens (tertiary/aromatic N) is 2. The Bertz CT molecular complexity index is 597. The van der Waals surface area contributed by atoms with E-state index in [1.54, 1.807) is 18.3 Å². The van der Waals surface area contributed by atoms with Gasteiger partial charge in [-0.05, 0) is 18.7 Å². The van der Waals surface area contributed by atoms with Crippen LogP contribution in [0.5, 0.6) is 0 Å². The van der Waals surface area contributed by atoms with Crippen molar-refractivity contribution in [1.29, 1.82) is 0 Å². The Morgan fingerprint density at radius 3 is 3.06 bits per heavy atom. The van der Waals surface area contributed by atoms with E-state index < -0.39 is 0 Å². The normalized spacial score (nSPS) is 10.6. The van der Waals surface area contributed by atoms with Crippen LogP contribution in [-0.2, 0) is 6.54 Å². The summed E-state index contributed by atoms with van der Waals surface area (Å²) in [6, 6.07) is 4.90. The molecule has 0 fully saturated rings. The van der Waals surface area contributed by atoms with Crippen LogP contribution in [0.4, 0.5) is 0 Å². The zero-order valence-corrected chi connectivity index (χ0v) is 10.7. The van der Waals surface area contributed by atoms with Crippen LogP contribution in [0.15, 0.2) is 29.2 Å². The maximum Gasteiger partial charge on any atom is 0.251 e. The van der Waals surface area contributed by atoms with Gasteiger partial charge >= 0.3 is 0 Å². The highest BCUT2D eigenvalue weighted by Gasteiger charge is 2.08. The van der Waals surface area contributed by atoms with E-state index in [4.69, 9.17) is 11.6 Å². The number of hydrogen-bond acceptors (Lipinski definition) is 4. The second kappa shape index (κ2) is 5.75. The summed E-state index contributed by atoms with van der Waals surface area (Å²) >= 11 is 6.03. The summed E-state index contributed by atoms with van der Waals surface area (Å²) in [5.74, 6) is 0.390. The fraction of sp³-hybridized carbons (Fsp3) is 0.250. The summed E-state index contributed by atoms with van der Waals surface area (Å²) in [5.41, 5.74) is 0.932. The third kappa shape index (κ3) is 2.94. The Labute approximate surface area is 109 Å². The van der Waals surface area contributed by atoms with Gasteiger partial charge in [-0.15, -0.1) is 0 Å². The van der Waals surface area contributed by atoms with Gasteiger partial charge in [0.15, 0.2) is 5.82 Å². The molecule has 0 unspecified atom stereocenters. The molecule has 0 aliphatic carbocycles. The van der Waals surface area contributed by atoms with Gasteiger partial charge in [0, 0.05) is 18.8 Å². The molecule has 0 aliphatic heterocycles. The maximum absolute atomic E-state index is 11.6. The molecular formula is C12H13ClN4O. The van der Waals surface area contributed by atoms with Crippen molar-refractivity contribution in [2.75, 3.05) is 6.54 Å². The van der Waals surface area contributed by atoms with Gasteiger partial charge in [0.1, 0.15) is 5.69 Å². The van der Waals surface area contributed by atoms with Crippen LogP contribution >= 0.6 is 11.6 Å². The molecule has 0 aliphatic rings. The lowest BCUT2D eigenvalue weighted by Crippen LogP contribution is -2.17. The third-order valence-electron chi connectivity index (χ3n) is 2.33. The number of aromatic amines is 1. The molecule has 0 amide bonds. The molecule has 0 aromatic carbocycles.